The van der Waals surface area contributed by atoms with Gasteiger partial charge in [-0.25, -0.2) is 18.6 Å². The van der Waals surface area contributed by atoms with Gasteiger partial charge >= 0.3 is 91.1 Å². The van der Waals surface area contributed by atoms with Crippen molar-refractivity contribution in [1.29, 1.82) is 0 Å². The number of aliphatic hydroxyl groups is 2. The molecule has 7 aromatic heterocycles. The molecule has 0 spiro atoms. The maximum Gasteiger partial charge on any atom is 1.00 e. The van der Waals surface area contributed by atoms with Crippen molar-refractivity contribution in [3.8, 4) is 0 Å². The molecule has 4 aliphatic rings. The van der Waals surface area contributed by atoms with Crippen LogP contribution in [0.25, 0.3) is 34.2 Å². The van der Waals surface area contributed by atoms with E-state index in [9.17, 15) is 28.8 Å². The molecule has 0 bridgehead atoms. The van der Waals surface area contributed by atoms with Gasteiger partial charge in [-0.1, -0.05) is 140 Å². The van der Waals surface area contributed by atoms with Crippen LogP contribution >= 0.6 is 145 Å². The summed E-state index contributed by atoms with van der Waals surface area (Å²) in [7, 11) is 25.0. The van der Waals surface area contributed by atoms with Gasteiger partial charge in [-0.3, -0.25) is 19.3 Å². The Hall–Kier alpha value is -5.97. The molecule has 1 radical (unpaired) electrons. The summed E-state index contributed by atoms with van der Waals surface area (Å²) in [6.07, 6.45) is 19.0. The number of hydrogen-bond donors (Lipinski definition) is 4. The van der Waals surface area contributed by atoms with Gasteiger partial charge in [0.25, 0.3) is 0 Å². The van der Waals surface area contributed by atoms with E-state index in [1.165, 1.54) is 42.7 Å². The van der Waals surface area contributed by atoms with Crippen LogP contribution in [0.4, 0.5) is 0 Å². The number of aliphatic carboxylic acids is 1. The largest absolute Gasteiger partial charge is 1.00 e. The summed E-state index contributed by atoms with van der Waals surface area (Å²) >= 11 is 25.1. The molecule has 10 aromatic rings. The van der Waals surface area contributed by atoms with Crippen molar-refractivity contribution < 1.29 is 140 Å². The summed E-state index contributed by atoms with van der Waals surface area (Å²) in [5, 5.41) is 28.2. The molecule has 0 unspecified atom stereocenters. The summed E-state index contributed by atoms with van der Waals surface area (Å²) in [5.74, 6) is 0.279. The minimum atomic E-state index is -2.24. The normalized spacial score (nSPS) is 13.2. The zero-order chi connectivity index (χ0) is 102. The number of ether oxygens (including phenoxy) is 8. The quantitative estimate of drug-likeness (QED) is 0.00592. The molecule has 30 nitrogen and oxygen atoms in total. The first-order valence-electron chi connectivity index (χ1n) is 42.0. The summed E-state index contributed by atoms with van der Waals surface area (Å²) in [6, 6.07) is 57.3. The van der Waals surface area contributed by atoms with Crippen LogP contribution in [0.15, 0.2) is 234 Å². The second-order valence-corrected chi connectivity index (χ2v) is 41.7. The van der Waals surface area contributed by atoms with Crippen LogP contribution in [-0.4, -0.2) is 185 Å². The number of carbonyl (C=O) groups is 6. The Kier molecular flexibility index (Phi) is 82.5. The monoisotopic (exact) mass is 2410 g/mol. The molecule has 4 aliphatic heterocycles. The molecule has 45 heteroatoms. The number of aromatic nitrogens is 7. The fraction of sp³-hybridized carbons (Fsp3) is 0.385. The molecule has 0 amide bonds. The number of nitrogens with zero attached hydrogens (tertiary/aromatic N) is 11. The molecule has 3 aromatic carbocycles. The van der Waals surface area contributed by atoms with Crippen molar-refractivity contribution in [3.05, 3.63) is 285 Å². The van der Waals surface area contributed by atoms with Crippen molar-refractivity contribution in [2.75, 3.05) is 79.3 Å². The summed E-state index contributed by atoms with van der Waals surface area (Å²) < 4.78 is 72.6. The van der Waals surface area contributed by atoms with Gasteiger partial charge in [0.2, 0.25) is 14.5 Å². The third-order valence-corrected chi connectivity index (χ3v) is 26.8. The molecule has 0 atom stereocenters. The van der Waals surface area contributed by atoms with Gasteiger partial charge in [-0.2, -0.15) is 0 Å². The van der Waals surface area contributed by atoms with Gasteiger partial charge in [-0.15, -0.1) is 12.4 Å². The van der Waals surface area contributed by atoms with Crippen LogP contribution in [0.1, 0.15) is 151 Å². The molecule has 141 heavy (non-hydrogen) atoms. The van der Waals surface area contributed by atoms with Crippen molar-refractivity contribution in [3.63, 3.8) is 0 Å². The first kappa shape index (κ1) is 143. The number of benzene rings is 3. The third-order valence-electron chi connectivity index (χ3n) is 18.7. The molecule has 0 aliphatic carbocycles. The van der Waals surface area contributed by atoms with Crippen LogP contribution in [0.3, 0.4) is 0 Å². The Morgan fingerprint density at radius 2 is 0.837 bits per heavy atom. The van der Waals surface area contributed by atoms with Gasteiger partial charge in [0.1, 0.15) is 0 Å². The number of aryl methyl sites for hydroxylation is 2. The van der Waals surface area contributed by atoms with E-state index in [4.69, 9.17) is 80.1 Å². The first-order chi connectivity index (χ1) is 64.5. The Morgan fingerprint density at radius 3 is 1.08 bits per heavy atom. The predicted octanol–water partition coefficient (Wildman–Crippen LogP) is 16.1. The van der Waals surface area contributed by atoms with Crippen molar-refractivity contribution in [2.24, 2.45) is 69.9 Å². The molecular weight excluding hydrogens is 2290 g/mol. The molecule has 11 heterocycles. The summed E-state index contributed by atoms with van der Waals surface area (Å²) in [6.45, 7) is 21.4. The molecule has 4 saturated heterocycles. The second kappa shape index (κ2) is 81.1. The number of aldehydes is 2. The van der Waals surface area contributed by atoms with Crippen molar-refractivity contribution >= 4 is 237 Å². The molecule has 4 fully saturated rings. The number of carboxylic acids is 1. The molecule has 14 rings (SSSR count). The van der Waals surface area contributed by atoms with E-state index in [1.807, 2.05) is 219 Å². The predicted molar refractivity (Wildman–Crippen MR) is 585 cm³/mol. The van der Waals surface area contributed by atoms with E-state index in [1.54, 1.807) is 66.1 Å². The van der Waals surface area contributed by atoms with Crippen LogP contribution in [0, 0.1) is 16.2 Å². The van der Waals surface area contributed by atoms with E-state index in [0.29, 0.717) is 24.6 Å². The number of rotatable bonds is 18. The van der Waals surface area contributed by atoms with E-state index in [-0.39, 0.29) is 128 Å². The Balaban J connectivity index is -0.000000486. The van der Waals surface area contributed by atoms with E-state index >= 15 is 0 Å². The van der Waals surface area contributed by atoms with Gasteiger partial charge in [0.05, 0.1) is 98.6 Å². The van der Waals surface area contributed by atoms with Crippen LogP contribution in [0.2, 0.25) is 0 Å². The standard InChI is InChI=1S/C22H21O2P.C11H16BrNO2.C11H17NO2.C10H12BrNO2.C8H7BrClNO.C8H8BrNO2.C6H6BrNO.C6H7NO.C5H12O2.2C4H8O.CH4.BHNS.Cl2OS.ClH.Li.N3.Na.H2O/c1-2-24-22(23)18-25(19-12-6-3-7-13-19,20-14-8-4-9-15-20)21-16-10-5-11-17-21;1-11(2)6-14-10(15-7-11)8-4-5-9(12)13(8)3;1-11(2)7-13-10(14-8-11)9-5-4-6-12(9)3;1-3-14-10(13)7-5-8-4-6-9(11)12(8)2;1-11-6(2-4-7(11)9)3-5-8(10)12;1-10-6(2-4-7(10)9)3-5-8(11)12;1-8-5(4-9)2-3-6(8)7;1-7-4-2-3-6(7)5-8;1-5(2,3-6)4-7;2*1-2-4-5-3-1;;1-2-3;1-4(2)3;;;1-3-2;;/h3-18H,2H2,1H3;4-5,10H,6-7H2,1-3H3;4-6,10H,7-8H2,1-3H3;4-7H,3H2,1-2H3;2-5H,1H3;2-5H,1H3,(H,11,12);2-4H,1H3;2-5H,1H3;6-7H,3-4H2,1-2H3;2*1-4H2;1H4;3H;;1H;;;;1H2/q;;;;;;;;;;;;;;;+1;-1;+1;/p-1/b;;;7-5+;2*5-3+;;;;;;;;;;;;;. The Labute approximate surface area is 935 Å². The maximum absolute atomic E-state index is 12.5. The van der Waals surface area contributed by atoms with E-state index < -0.39 is 27.3 Å². The fourth-order valence-corrected chi connectivity index (χ4v) is 16.5. The first-order valence-corrected chi connectivity index (χ1v) is 51.4. The maximum atomic E-state index is 12.5. The third kappa shape index (κ3) is 59.0. The number of hydrogen-bond acceptors (Lipinski definition) is 20. The van der Waals surface area contributed by atoms with Gasteiger partial charge < -0.3 is 102 Å². The zero-order valence-electron chi connectivity index (χ0n) is 81.7. The topological polar surface area (TPSA) is 390 Å². The number of carboxylic acid groups (broad SMARTS) is 1. The summed E-state index contributed by atoms with van der Waals surface area (Å²) in [4.78, 5) is 65.9. The zero-order valence-corrected chi connectivity index (χ0v) is 97.3. The number of allylic oxidation sites excluding steroid dienone is 1. The number of carbonyl (C=O) groups excluding carboxylic acids is 5. The fourth-order valence-electron chi connectivity index (χ4n) is 11.1. The Morgan fingerprint density at radius 1 is 0.532 bits per heavy atom. The molecular formula is C96H129BBr5Cl4LiN11NaO19PS2. The van der Waals surface area contributed by atoms with Gasteiger partial charge in [-0.05, 0) is 263 Å². The van der Waals surface area contributed by atoms with Crippen molar-refractivity contribution in [2.45, 2.75) is 101 Å². The van der Waals surface area contributed by atoms with E-state index in [0.717, 1.165) is 139 Å². The summed E-state index contributed by atoms with van der Waals surface area (Å²) in [5.41, 5.74) is 19.7. The molecule has 0 saturated carbocycles. The van der Waals surface area contributed by atoms with Crippen LogP contribution in [0.5, 0.6) is 0 Å². The van der Waals surface area contributed by atoms with Crippen LogP contribution in [-0.2, 0) is 116 Å². The average Bonchev–Trinajstić information content (AvgIpc) is 1.41. The number of esters is 2. The van der Waals surface area contributed by atoms with Gasteiger partial charge in [0.15, 0.2) is 25.2 Å². The van der Waals surface area contributed by atoms with Gasteiger partial charge in [0, 0.05) is 161 Å². The SMILES string of the molecule is C.C1CCOC1.C1CCOC1.CC(C)(CO)CO.CCOC(=O)/C=C/c1ccc(Br)n1C.CCOC(=O)C=P(c1ccccc1)(c1ccccc1)c1ccccc1.Cl.Cn1c(Br)ccc1/C=C/C(=O)Cl.Cn1c(Br)ccc1/C=C/C(=O)O.Cn1c(Br)ccc1C1OCC(C)(C)CO1.Cn1c(Br)ccc1C=O.Cn1cccc1C1OCC(C)(C)CO1.Cn1cccc1C=O.O=S(Cl)Cl.[B]=NS.[Li+].[N-]=[N+]=[N-].[Na+].[OH-]. The van der Waals surface area contributed by atoms with E-state index in [2.05, 4.69) is 190 Å². The number of thiol groups is 1. The Bertz CT molecular complexity index is 5170. The average molecular weight is 2420 g/mol. The number of halogens is 9. The smallest absolute Gasteiger partial charge is 0.870 e. The second-order valence-electron chi connectivity index (χ2n) is 31.3. The van der Waals surface area contributed by atoms with Crippen molar-refractivity contribution in [1.82, 2.24) is 32.0 Å². The minimum absolute atomic E-state index is 0. The molecule has 4 N–H and O–H groups in total. The van der Waals surface area contributed by atoms with Crippen LogP contribution < -0.4 is 64.3 Å². The number of aliphatic hydroxyl groups excluding tert-OH is 2. The molecule has 767 valence electrons. The minimum Gasteiger partial charge on any atom is -0.870 e.